The minimum atomic E-state index is -0.00732. The molecular formula is C17H18ClNOS. The van der Waals surface area contributed by atoms with Crippen molar-refractivity contribution in [1.29, 1.82) is 0 Å². The number of carbonyl (C=O) groups is 1. The Labute approximate surface area is 134 Å². The van der Waals surface area contributed by atoms with Gasteiger partial charge in [0.15, 0.2) is 0 Å². The average Bonchev–Trinajstić information content (AvgIpc) is 2.49. The molecule has 0 aromatic heterocycles. The molecule has 0 aliphatic heterocycles. The number of hydrogen-bond donors (Lipinski definition) is 1. The second-order valence-corrected chi connectivity index (χ2v) is 6.24. The summed E-state index contributed by atoms with van der Waals surface area (Å²) >= 11 is 7.48. The van der Waals surface area contributed by atoms with Crippen molar-refractivity contribution in [3.63, 3.8) is 0 Å². The van der Waals surface area contributed by atoms with E-state index in [-0.39, 0.29) is 11.9 Å². The third kappa shape index (κ3) is 5.44. The first-order valence-corrected chi connectivity index (χ1v) is 8.35. The van der Waals surface area contributed by atoms with Gasteiger partial charge in [-0.1, -0.05) is 54.1 Å². The van der Waals surface area contributed by atoms with E-state index in [0.29, 0.717) is 10.8 Å². The lowest BCUT2D eigenvalue weighted by atomic mass is 10.1. The predicted molar refractivity (Wildman–Crippen MR) is 90.6 cm³/mol. The van der Waals surface area contributed by atoms with Crippen molar-refractivity contribution in [3.8, 4) is 0 Å². The van der Waals surface area contributed by atoms with E-state index in [1.54, 1.807) is 11.8 Å². The van der Waals surface area contributed by atoms with Crippen molar-refractivity contribution >= 4 is 29.3 Å². The van der Waals surface area contributed by atoms with Crippen molar-refractivity contribution in [1.82, 2.24) is 5.32 Å². The van der Waals surface area contributed by atoms with Gasteiger partial charge in [-0.15, -0.1) is 11.8 Å². The van der Waals surface area contributed by atoms with Gasteiger partial charge in [0.1, 0.15) is 0 Å². The number of hydrogen-bond acceptors (Lipinski definition) is 2. The zero-order chi connectivity index (χ0) is 15.1. The van der Waals surface area contributed by atoms with E-state index in [1.807, 2.05) is 49.4 Å². The third-order valence-corrected chi connectivity index (χ3v) is 4.35. The maximum atomic E-state index is 11.9. The molecule has 4 heteroatoms. The van der Waals surface area contributed by atoms with Gasteiger partial charge in [-0.3, -0.25) is 4.79 Å². The zero-order valence-corrected chi connectivity index (χ0v) is 13.5. The lowest BCUT2D eigenvalue weighted by Crippen LogP contribution is -2.28. The van der Waals surface area contributed by atoms with Crippen LogP contribution in [0.3, 0.4) is 0 Å². The van der Waals surface area contributed by atoms with Crippen molar-refractivity contribution in [2.45, 2.75) is 18.7 Å². The normalized spacial score (nSPS) is 11.9. The van der Waals surface area contributed by atoms with Gasteiger partial charge < -0.3 is 5.32 Å². The zero-order valence-electron chi connectivity index (χ0n) is 11.9. The van der Waals surface area contributed by atoms with Crippen LogP contribution in [0.1, 0.15) is 24.1 Å². The molecule has 1 N–H and O–H groups in total. The Hall–Kier alpha value is -1.45. The number of thioether (sulfide) groups is 1. The lowest BCUT2D eigenvalue weighted by Gasteiger charge is -2.14. The fourth-order valence-corrected chi connectivity index (χ4v) is 2.88. The van der Waals surface area contributed by atoms with Crippen LogP contribution in [-0.4, -0.2) is 11.7 Å². The molecule has 0 saturated heterocycles. The molecule has 2 aromatic carbocycles. The SMILES string of the molecule is C[C@H](NC(=O)CSCc1ccccc1)c1ccc(Cl)cc1. The number of halogens is 1. The molecule has 1 amide bonds. The van der Waals surface area contributed by atoms with E-state index >= 15 is 0 Å². The maximum Gasteiger partial charge on any atom is 0.230 e. The number of amides is 1. The Morgan fingerprint density at radius 2 is 1.81 bits per heavy atom. The highest BCUT2D eigenvalue weighted by Gasteiger charge is 2.09. The van der Waals surface area contributed by atoms with Gasteiger partial charge in [0.05, 0.1) is 11.8 Å². The molecule has 2 rings (SSSR count). The van der Waals surface area contributed by atoms with Gasteiger partial charge in [0.2, 0.25) is 5.91 Å². The van der Waals surface area contributed by atoms with E-state index in [2.05, 4.69) is 17.4 Å². The summed E-state index contributed by atoms with van der Waals surface area (Å²) in [4.78, 5) is 11.9. The molecule has 0 unspecified atom stereocenters. The highest BCUT2D eigenvalue weighted by molar-refractivity contribution is 7.99. The standard InChI is InChI=1S/C17H18ClNOS/c1-13(15-7-9-16(18)10-8-15)19-17(20)12-21-11-14-5-3-2-4-6-14/h2-10,13H,11-12H2,1H3,(H,19,20)/t13-/m0/s1. The summed E-state index contributed by atoms with van der Waals surface area (Å²) in [6, 6.07) is 17.7. The quantitative estimate of drug-likeness (QED) is 0.852. The van der Waals surface area contributed by atoms with Gasteiger partial charge in [0.25, 0.3) is 0 Å². The van der Waals surface area contributed by atoms with E-state index in [1.165, 1.54) is 5.56 Å². The highest BCUT2D eigenvalue weighted by atomic mass is 35.5. The van der Waals surface area contributed by atoms with Gasteiger partial charge in [-0.05, 0) is 30.2 Å². The first kappa shape index (κ1) is 15.9. The Morgan fingerprint density at radius 3 is 2.48 bits per heavy atom. The molecule has 0 fully saturated rings. The number of rotatable bonds is 6. The van der Waals surface area contributed by atoms with Crippen LogP contribution in [0.25, 0.3) is 0 Å². The van der Waals surface area contributed by atoms with Crippen LogP contribution < -0.4 is 5.32 Å². The minimum Gasteiger partial charge on any atom is -0.349 e. The first-order chi connectivity index (χ1) is 10.1. The molecule has 1 atom stereocenters. The van der Waals surface area contributed by atoms with E-state index in [0.717, 1.165) is 11.3 Å². The summed E-state index contributed by atoms with van der Waals surface area (Å²) in [7, 11) is 0. The maximum absolute atomic E-state index is 11.9. The van der Waals surface area contributed by atoms with Crippen LogP contribution in [0.15, 0.2) is 54.6 Å². The smallest absolute Gasteiger partial charge is 0.230 e. The summed E-state index contributed by atoms with van der Waals surface area (Å²) < 4.78 is 0. The predicted octanol–water partition coefficient (Wildman–Crippen LogP) is 4.45. The van der Waals surface area contributed by atoms with Crippen molar-refractivity contribution in [2.75, 3.05) is 5.75 Å². The lowest BCUT2D eigenvalue weighted by molar-refractivity contribution is -0.119. The summed E-state index contributed by atoms with van der Waals surface area (Å²) in [5, 5.41) is 3.70. The molecular weight excluding hydrogens is 302 g/mol. The Kier molecular flexibility index (Phi) is 6.15. The molecule has 0 radical (unpaired) electrons. The molecule has 0 saturated carbocycles. The van der Waals surface area contributed by atoms with E-state index in [9.17, 15) is 4.79 Å². The van der Waals surface area contributed by atoms with Crippen LogP contribution in [0, 0.1) is 0 Å². The first-order valence-electron chi connectivity index (χ1n) is 6.81. The Balaban J connectivity index is 1.75. The van der Waals surface area contributed by atoms with Gasteiger partial charge >= 0.3 is 0 Å². The fourth-order valence-electron chi connectivity index (χ4n) is 1.95. The molecule has 0 bridgehead atoms. The van der Waals surface area contributed by atoms with Crippen LogP contribution >= 0.6 is 23.4 Å². The highest BCUT2D eigenvalue weighted by Crippen LogP contribution is 2.17. The van der Waals surface area contributed by atoms with Crippen LogP contribution in [0.2, 0.25) is 5.02 Å². The van der Waals surface area contributed by atoms with Gasteiger partial charge in [-0.2, -0.15) is 0 Å². The molecule has 0 heterocycles. The summed E-state index contributed by atoms with van der Waals surface area (Å²) in [6.07, 6.45) is 0. The topological polar surface area (TPSA) is 29.1 Å². The van der Waals surface area contributed by atoms with Crippen molar-refractivity contribution < 1.29 is 4.79 Å². The van der Waals surface area contributed by atoms with Gasteiger partial charge in [-0.25, -0.2) is 0 Å². The Morgan fingerprint density at radius 1 is 1.14 bits per heavy atom. The minimum absolute atomic E-state index is 0.00732. The molecule has 110 valence electrons. The third-order valence-electron chi connectivity index (χ3n) is 3.09. The molecule has 2 nitrogen and oxygen atoms in total. The van der Waals surface area contributed by atoms with E-state index in [4.69, 9.17) is 11.6 Å². The molecule has 2 aromatic rings. The summed E-state index contributed by atoms with van der Waals surface area (Å²) in [6.45, 7) is 1.98. The largest absolute Gasteiger partial charge is 0.349 e. The number of nitrogens with one attached hydrogen (secondary N) is 1. The van der Waals surface area contributed by atoms with Crippen molar-refractivity contribution in [2.24, 2.45) is 0 Å². The van der Waals surface area contributed by atoms with Crippen molar-refractivity contribution in [3.05, 3.63) is 70.7 Å². The van der Waals surface area contributed by atoms with E-state index < -0.39 is 0 Å². The fraction of sp³-hybridized carbons (Fsp3) is 0.235. The Bertz CT molecular complexity index is 571. The molecule has 0 spiro atoms. The monoisotopic (exact) mass is 319 g/mol. The van der Waals surface area contributed by atoms with Gasteiger partial charge in [0, 0.05) is 10.8 Å². The molecule has 0 aliphatic rings. The molecule has 0 aliphatic carbocycles. The van der Waals surface area contributed by atoms with Crippen LogP contribution in [-0.2, 0) is 10.5 Å². The summed E-state index contributed by atoms with van der Waals surface area (Å²) in [5.74, 6) is 1.37. The second-order valence-electron chi connectivity index (χ2n) is 4.82. The molecule has 21 heavy (non-hydrogen) atoms. The second kappa shape index (κ2) is 8.11. The average molecular weight is 320 g/mol. The summed E-state index contributed by atoms with van der Waals surface area (Å²) in [5.41, 5.74) is 2.29. The number of carbonyl (C=O) groups excluding carboxylic acids is 1. The van der Waals surface area contributed by atoms with Crippen LogP contribution in [0.5, 0.6) is 0 Å². The van der Waals surface area contributed by atoms with Crippen LogP contribution in [0.4, 0.5) is 0 Å². The number of benzene rings is 2.